The number of allylic oxidation sites excluding steroid dienone is 1. The minimum absolute atomic E-state index is 0.256. The van der Waals surface area contributed by atoms with Crippen LogP contribution in [0.15, 0.2) is 18.2 Å². The van der Waals surface area contributed by atoms with Crippen molar-refractivity contribution in [3.8, 4) is 11.5 Å². The molecular weight excluding hydrogens is 224 g/mol. The first-order valence-corrected chi connectivity index (χ1v) is 5.88. The minimum atomic E-state index is 0.256. The van der Waals surface area contributed by atoms with E-state index in [1.54, 1.807) is 7.11 Å². The largest absolute Gasteiger partial charge is 0.496 e. The third-order valence-corrected chi connectivity index (χ3v) is 2.81. The maximum absolute atomic E-state index is 5.70. The van der Waals surface area contributed by atoms with E-state index in [1.807, 2.05) is 24.3 Å². The Balaban J connectivity index is 2.38. The lowest BCUT2D eigenvalue weighted by molar-refractivity contribution is 0.254. The average molecular weight is 239 g/mol. The molecule has 0 saturated carbocycles. The number of ether oxygens (including phenoxy) is 2. The van der Waals surface area contributed by atoms with Crippen LogP contribution in [0.1, 0.15) is 18.1 Å². The highest BCUT2D eigenvalue weighted by atomic mass is 35.5. The zero-order chi connectivity index (χ0) is 11.5. The van der Waals surface area contributed by atoms with Crippen LogP contribution >= 0.6 is 11.6 Å². The van der Waals surface area contributed by atoms with Gasteiger partial charge in [-0.1, -0.05) is 12.2 Å². The summed E-state index contributed by atoms with van der Waals surface area (Å²) in [6, 6.07) is 4.06. The molecule has 0 radical (unpaired) electrons. The molecule has 0 spiro atoms. The molecular formula is C13H15ClO2. The van der Waals surface area contributed by atoms with Crippen LogP contribution in [0.4, 0.5) is 0 Å². The van der Waals surface area contributed by atoms with Crippen LogP contribution in [0.3, 0.4) is 0 Å². The van der Waals surface area contributed by atoms with Crippen LogP contribution in [0, 0.1) is 0 Å². The molecule has 0 aliphatic carbocycles. The van der Waals surface area contributed by atoms with E-state index in [0.717, 1.165) is 23.5 Å². The maximum atomic E-state index is 5.70. The van der Waals surface area contributed by atoms with Gasteiger partial charge in [0.2, 0.25) is 0 Å². The van der Waals surface area contributed by atoms with Crippen LogP contribution in [-0.4, -0.2) is 19.1 Å². The van der Waals surface area contributed by atoms with Crippen molar-refractivity contribution in [2.45, 2.75) is 19.4 Å². The van der Waals surface area contributed by atoms with Gasteiger partial charge in [0.1, 0.15) is 17.6 Å². The fraction of sp³-hybridized carbons (Fsp3) is 0.385. The summed E-state index contributed by atoms with van der Waals surface area (Å²) in [6.07, 6.45) is 5.06. The Bertz CT molecular complexity index is 413. The Morgan fingerprint density at radius 2 is 2.38 bits per heavy atom. The number of alkyl halides is 1. The normalized spacial score (nSPS) is 18.6. The lowest BCUT2D eigenvalue weighted by Gasteiger charge is -2.08. The zero-order valence-electron chi connectivity index (χ0n) is 9.50. The zero-order valence-corrected chi connectivity index (χ0v) is 10.3. The number of hydrogen-bond donors (Lipinski definition) is 0. The first-order valence-electron chi connectivity index (χ1n) is 5.34. The number of halogens is 1. The van der Waals surface area contributed by atoms with Gasteiger partial charge in [0.25, 0.3) is 0 Å². The lowest BCUT2D eigenvalue weighted by atomic mass is 10.1. The van der Waals surface area contributed by atoms with Crippen molar-refractivity contribution in [2.75, 3.05) is 13.0 Å². The predicted molar refractivity (Wildman–Crippen MR) is 66.5 cm³/mol. The van der Waals surface area contributed by atoms with Crippen LogP contribution in [0.2, 0.25) is 0 Å². The second-order valence-corrected chi connectivity index (χ2v) is 4.20. The van der Waals surface area contributed by atoms with Crippen molar-refractivity contribution in [3.05, 3.63) is 29.3 Å². The fourth-order valence-electron chi connectivity index (χ4n) is 1.93. The van der Waals surface area contributed by atoms with Gasteiger partial charge in [0.05, 0.1) is 7.11 Å². The highest BCUT2D eigenvalue weighted by Crippen LogP contribution is 2.35. The van der Waals surface area contributed by atoms with E-state index >= 15 is 0 Å². The standard InChI is InChI=1S/C13H15ClO2/c1-9-6-11-8-12(15-2)10(4-3-5-14)7-13(11)16-9/h3-4,7-9H,5-6H2,1-2H3/b4-3+. The maximum Gasteiger partial charge on any atom is 0.126 e. The Kier molecular flexibility index (Phi) is 3.39. The molecule has 1 unspecified atom stereocenters. The molecule has 16 heavy (non-hydrogen) atoms. The summed E-state index contributed by atoms with van der Waals surface area (Å²) in [4.78, 5) is 0. The van der Waals surface area contributed by atoms with Gasteiger partial charge in [0, 0.05) is 23.4 Å². The summed E-state index contributed by atoms with van der Waals surface area (Å²) in [5.74, 6) is 2.33. The van der Waals surface area contributed by atoms with Crippen molar-refractivity contribution in [1.82, 2.24) is 0 Å². The first kappa shape index (κ1) is 11.3. The summed E-state index contributed by atoms with van der Waals surface area (Å²) in [5, 5.41) is 0. The molecule has 1 aromatic rings. The van der Waals surface area contributed by atoms with Gasteiger partial charge in [-0.25, -0.2) is 0 Å². The van der Waals surface area contributed by atoms with Gasteiger partial charge in [-0.3, -0.25) is 0 Å². The fourth-order valence-corrected chi connectivity index (χ4v) is 2.02. The molecule has 0 bridgehead atoms. The Hall–Kier alpha value is -1.15. The van der Waals surface area contributed by atoms with Gasteiger partial charge in [-0.15, -0.1) is 11.6 Å². The Labute approximate surface area is 101 Å². The highest BCUT2D eigenvalue weighted by molar-refractivity contribution is 6.19. The third-order valence-electron chi connectivity index (χ3n) is 2.63. The summed E-state index contributed by atoms with van der Waals surface area (Å²) >= 11 is 5.63. The number of fused-ring (bicyclic) bond motifs is 1. The molecule has 1 heterocycles. The van der Waals surface area contributed by atoms with Crippen molar-refractivity contribution >= 4 is 17.7 Å². The number of rotatable bonds is 3. The minimum Gasteiger partial charge on any atom is -0.496 e. The summed E-state index contributed by atoms with van der Waals surface area (Å²) in [6.45, 7) is 2.07. The second-order valence-electron chi connectivity index (χ2n) is 3.89. The topological polar surface area (TPSA) is 18.5 Å². The van der Waals surface area contributed by atoms with Gasteiger partial charge < -0.3 is 9.47 Å². The molecule has 0 saturated heterocycles. The van der Waals surface area contributed by atoms with Gasteiger partial charge in [0.15, 0.2) is 0 Å². The average Bonchev–Trinajstić information content (AvgIpc) is 2.63. The monoisotopic (exact) mass is 238 g/mol. The van der Waals surface area contributed by atoms with Crippen LogP contribution < -0.4 is 9.47 Å². The number of hydrogen-bond acceptors (Lipinski definition) is 2. The molecule has 1 atom stereocenters. The van der Waals surface area contributed by atoms with Crippen LogP contribution in [-0.2, 0) is 6.42 Å². The van der Waals surface area contributed by atoms with Crippen LogP contribution in [0.5, 0.6) is 11.5 Å². The Morgan fingerprint density at radius 3 is 3.06 bits per heavy atom. The van der Waals surface area contributed by atoms with Crippen molar-refractivity contribution in [2.24, 2.45) is 0 Å². The van der Waals surface area contributed by atoms with E-state index in [0.29, 0.717) is 5.88 Å². The van der Waals surface area contributed by atoms with Crippen molar-refractivity contribution in [3.63, 3.8) is 0 Å². The van der Waals surface area contributed by atoms with Crippen molar-refractivity contribution in [1.29, 1.82) is 0 Å². The lowest BCUT2D eigenvalue weighted by Crippen LogP contribution is -2.05. The SMILES string of the molecule is COc1cc2c(cc1/C=C/CCl)OC(C)C2. The van der Waals surface area contributed by atoms with E-state index in [2.05, 4.69) is 6.92 Å². The molecule has 86 valence electrons. The summed E-state index contributed by atoms with van der Waals surface area (Å²) < 4.78 is 11.1. The van der Waals surface area contributed by atoms with E-state index in [-0.39, 0.29) is 6.10 Å². The molecule has 0 N–H and O–H groups in total. The molecule has 3 heteroatoms. The molecule has 0 fully saturated rings. The molecule has 1 aliphatic heterocycles. The van der Waals surface area contributed by atoms with E-state index in [9.17, 15) is 0 Å². The number of benzene rings is 1. The van der Waals surface area contributed by atoms with Gasteiger partial charge >= 0.3 is 0 Å². The van der Waals surface area contributed by atoms with E-state index < -0.39 is 0 Å². The smallest absolute Gasteiger partial charge is 0.126 e. The van der Waals surface area contributed by atoms with Gasteiger partial charge in [-0.2, -0.15) is 0 Å². The van der Waals surface area contributed by atoms with E-state index in [4.69, 9.17) is 21.1 Å². The quantitative estimate of drug-likeness (QED) is 0.753. The molecule has 2 nitrogen and oxygen atoms in total. The number of methoxy groups -OCH3 is 1. The van der Waals surface area contributed by atoms with E-state index in [1.165, 1.54) is 5.56 Å². The molecule has 0 aromatic heterocycles. The molecule has 0 amide bonds. The molecule has 1 aliphatic rings. The van der Waals surface area contributed by atoms with Crippen LogP contribution in [0.25, 0.3) is 6.08 Å². The summed E-state index contributed by atoms with van der Waals surface area (Å²) in [5.41, 5.74) is 2.23. The predicted octanol–water partition coefficient (Wildman–Crippen LogP) is 3.27. The first-order chi connectivity index (χ1) is 7.74. The Morgan fingerprint density at radius 1 is 1.56 bits per heavy atom. The molecule has 2 rings (SSSR count). The second kappa shape index (κ2) is 4.79. The van der Waals surface area contributed by atoms with Gasteiger partial charge in [-0.05, 0) is 19.1 Å². The van der Waals surface area contributed by atoms with Crippen molar-refractivity contribution < 1.29 is 9.47 Å². The molecule has 1 aromatic carbocycles. The summed E-state index contributed by atoms with van der Waals surface area (Å²) in [7, 11) is 1.68. The highest BCUT2D eigenvalue weighted by Gasteiger charge is 2.20. The third kappa shape index (κ3) is 2.17.